The molecule has 7 heteroatoms. The zero-order chi connectivity index (χ0) is 14.2. The van der Waals surface area contributed by atoms with Crippen molar-refractivity contribution in [2.24, 2.45) is 5.41 Å². The highest BCUT2D eigenvalue weighted by molar-refractivity contribution is 6.01. The van der Waals surface area contributed by atoms with Gasteiger partial charge in [0.1, 0.15) is 0 Å². The molecule has 0 heterocycles. The van der Waals surface area contributed by atoms with Crippen molar-refractivity contribution in [3.8, 4) is 0 Å². The van der Waals surface area contributed by atoms with Crippen LogP contribution in [0, 0.1) is 15.5 Å². The van der Waals surface area contributed by atoms with Crippen LogP contribution in [0.4, 0.5) is 5.69 Å². The number of hydrogen-bond donors (Lipinski definition) is 1. The number of fused-ring (bicyclic) bond motifs is 1. The van der Waals surface area contributed by atoms with E-state index in [1.165, 1.54) is 12.1 Å². The van der Waals surface area contributed by atoms with E-state index in [1.54, 1.807) is 6.07 Å². The van der Waals surface area contributed by atoms with E-state index in [4.69, 9.17) is 0 Å². The number of nitrogens with zero attached hydrogens (tertiary/aromatic N) is 1. The number of rotatable bonds is 3. The van der Waals surface area contributed by atoms with Gasteiger partial charge in [-0.1, -0.05) is 12.1 Å². The van der Waals surface area contributed by atoms with Gasteiger partial charge < -0.3 is 9.84 Å². The van der Waals surface area contributed by atoms with Crippen molar-refractivity contribution in [2.75, 3.05) is 7.11 Å². The fourth-order valence-corrected chi connectivity index (χ4v) is 2.43. The number of aliphatic carboxylic acids is 1. The summed E-state index contributed by atoms with van der Waals surface area (Å²) in [7, 11) is 1.10. The van der Waals surface area contributed by atoms with Gasteiger partial charge in [-0.25, -0.2) is 0 Å². The first-order valence-corrected chi connectivity index (χ1v) is 5.49. The molecule has 0 aliphatic heterocycles. The summed E-state index contributed by atoms with van der Waals surface area (Å²) >= 11 is 0. The number of methoxy groups -OCH3 is 1. The summed E-state index contributed by atoms with van der Waals surface area (Å²) in [5, 5.41) is 20.2. The first-order chi connectivity index (χ1) is 8.92. The molecule has 100 valence electrons. The molecule has 0 saturated heterocycles. The molecule has 0 spiro atoms. The van der Waals surface area contributed by atoms with Gasteiger partial charge in [0, 0.05) is 24.5 Å². The molecule has 0 radical (unpaired) electrons. The largest absolute Gasteiger partial charge is 0.480 e. The number of carboxylic acid groups (broad SMARTS) is 1. The van der Waals surface area contributed by atoms with E-state index >= 15 is 0 Å². The number of esters is 1. The third-order valence-electron chi connectivity index (χ3n) is 3.40. The Labute approximate surface area is 107 Å². The lowest BCUT2D eigenvalue weighted by Crippen LogP contribution is -2.41. The maximum absolute atomic E-state index is 11.8. The maximum Gasteiger partial charge on any atom is 0.323 e. The first kappa shape index (κ1) is 13.0. The number of benzene rings is 1. The smallest absolute Gasteiger partial charge is 0.323 e. The van der Waals surface area contributed by atoms with E-state index in [0.717, 1.165) is 7.11 Å². The van der Waals surface area contributed by atoms with E-state index in [0.29, 0.717) is 11.1 Å². The third-order valence-corrected chi connectivity index (χ3v) is 3.40. The van der Waals surface area contributed by atoms with Crippen LogP contribution in [0.3, 0.4) is 0 Å². The number of hydrogen-bond acceptors (Lipinski definition) is 5. The summed E-state index contributed by atoms with van der Waals surface area (Å²) in [6, 6.07) is 4.37. The van der Waals surface area contributed by atoms with Gasteiger partial charge in [0.2, 0.25) is 0 Å². The van der Waals surface area contributed by atoms with E-state index in [-0.39, 0.29) is 18.5 Å². The number of carbonyl (C=O) groups is 2. The van der Waals surface area contributed by atoms with Crippen molar-refractivity contribution in [3.63, 3.8) is 0 Å². The Kier molecular flexibility index (Phi) is 2.97. The summed E-state index contributed by atoms with van der Waals surface area (Å²) < 4.78 is 4.54. The van der Waals surface area contributed by atoms with Crippen LogP contribution >= 0.6 is 0 Å². The number of carbonyl (C=O) groups excluding carboxylic acids is 1. The number of nitro benzene ring substituents is 1. The molecule has 2 rings (SSSR count). The number of nitro groups is 1. The Morgan fingerprint density at radius 1 is 1.42 bits per heavy atom. The average molecular weight is 265 g/mol. The van der Waals surface area contributed by atoms with Crippen LogP contribution in [0.25, 0.3) is 0 Å². The second-order valence-corrected chi connectivity index (χ2v) is 4.40. The quantitative estimate of drug-likeness (QED) is 0.377. The first-order valence-electron chi connectivity index (χ1n) is 5.49. The molecule has 19 heavy (non-hydrogen) atoms. The summed E-state index contributed by atoms with van der Waals surface area (Å²) in [5.41, 5.74) is -1.13. The van der Waals surface area contributed by atoms with Gasteiger partial charge in [0.15, 0.2) is 5.41 Å². The van der Waals surface area contributed by atoms with Gasteiger partial charge >= 0.3 is 11.9 Å². The molecular formula is C12H11NO6. The summed E-state index contributed by atoms with van der Waals surface area (Å²) in [5.74, 6) is -2.21. The maximum atomic E-state index is 11.8. The molecular weight excluding hydrogens is 254 g/mol. The molecule has 1 aliphatic carbocycles. The molecule has 0 aromatic heterocycles. The van der Waals surface area contributed by atoms with Crippen molar-refractivity contribution in [2.45, 2.75) is 12.8 Å². The second-order valence-electron chi connectivity index (χ2n) is 4.40. The second kappa shape index (κ2) is 4.34. The molecule has 1 atom stereocenters. The van der Waals surface area contributed by atoms with E-state index in [1.807, 2.05) is 0 Å². The lowest BCUT2D eigenvalue weighted by atomic mass is 9.85. The van der Waals surface area contributed by atoms with Gasteiger partial charge in [0.25, 0.3) is 5.69 Å². The number of carboxylic acids is 1. The Morgan fingerprint density at radius 2 is 2.11 bits per heavy atom. The Bertz CT molecular complexity index is 582. The van der Waals surface area contributed by atoms with Crippen molar-refractivity contribution >= 4 is 17.6 Å². The molecule has 0 bridgehead atoms. The third kappa shape index (κ3) is 1.83. The van der Waals surface area contributed by atoms with Crippen LogP contribution in [-0.2, 0) is 27.2 Å². The lowest BCUT2D eigenvalue weighted by molar-refractivity contribution is -0.385. The topological polar surface area (TPSA) is 107 Å². The summed E-state index contributed by atoms with van der Waals surface area (Å²) in [6.45, 7) is 0. The molecule has 1 aromatic carbocycles. The monoisotopic (exact) mass is 265 g/mol. The highest BCUT2D eigenvalue weighted by atomic mass is 16.6. The predicted octanol–water partition coefficient (Wildman–Crippen LogP) is 0.937. The van der Waals surface area contributed by atoms with Gasteiger partial charge in [-0.05, 0) is 5.56 Å². The molecule has 1 N–H and O–H groups in total. The molecule has 1 aromatic rings. The van der Waals surface area contributed by atoms with Crippen LogP contribution in [0.1, 0.15) is 11.1 Å². The van der Waals surface area contributed by atoms with Crippen molar-refractivity contribution < 1.29 is 24.4 Å². The van der Waals surface area contributed by atoms with Gasteiger partial charge in [-0.3, -0.25) is 19.7 Å². The Hall–Kier alpha value is -2.44. The minimum atomic E-state index is -1.76. The minimum absolute atomic E-state index is 0.0913. The Morgan fingerprint density at radius 3 is 2.63 bits per heavy atom. The molecule has 1 aliphatic rings. The van der Waals surface area contributed by atoms with E-state index in [2.05, 4.69) is 4.74 Å². The van der Waals surface area contributed by atoms with Crippen LogP contribution in [0.5, 0.6) is 0 Å². The van der Waals surface area contributed by atoms with Crippen molar-refractivity contribution in [1.29, 1.82) is 0 Å². The SMILES string of the molecule is COC(=O)C1(C(=O)O)Cc2cccc([N+](=O)[O-])c2C1. The van der Waals surface area contributed by atoms with Crippen LogP contribution in [0.15, 0.2) is 18.2 Å². The standard InChI is InChI=1S/C12H11NO6/c1-19-11(16)12(10(14)15)5-7-3-2-4-9(13(17)18)8(7)6-12/h2-4H,5-6H2,1H3,(H,14,15). The number of ether oxygens (including phenoxy) is 1. The van der Waals surface area contributed by atoms with Crippen LogP contribution in [-0.4, -0.2) is 29.1 Å². The van der Waals surface area contributed by atoms with Gasteiger partial charge in [0.05, 0.1) is 12.0 Å². The van der Waals surface area contributed by atoms with Gasteiger partial charge in [-0.2, -0.15) is 0 Å². The lowest BCUT2D eigenvalue weighted by Gasteiger charge is -2.19. The zero-order valence-corrected chi connectivity index (χ0v) is 10.1. The van der Waals surface area contributed by atoms with Crippen molar-refractivity contribution in [1.82, 2.24) is 0 Å². The predicted molar refractivity (Wildman–Crippen MR) is 62.6 cm³/mol. The fraction of sp³-hybridized carbons (Fsp3) is 0.333. The molecule has 0 amide bonds. The van der Waals surface area contributed by atoms with Gasteiger partial charge in [-0.15, -0.1) is 0 Å². The van der Waals surface area contributed by atoms with E-state index < -0.39 is 22.3 Å². The normalized spacial score (nSPS) is 20.7. The summed E-state index contributed by atoms with van der Waals surface area (Å²) in [4.78, 5) is 33.5. The molecule has 1 unspecified atom stereocenters. The average Bonchev–Trinajstić information content (AvgIpc) is 2.77. The Balaban J connectivity index is 2.53. The summed E-state index contributed by atoms with van der Waals surface area (Å²) in [6.07, 6.45) is -0.312. The fourth-order valence-electron chi connectivity index (χ4n) is 2.43. The molecule has 0 fully saturated rings. The molecule has 0 saturated carbocycles. The highest BCUT2D eigenvalue weighted by Gasteiger charge is 2.53. The van der Waals surface area contributed by atoms with Crippen molar-refractivity contribution in [3.05, 3.63) is 39.4 Å². The highest BCUT2D eigenvalue weighted by Crippen LogP contribution is 2.42. The van der Waals surface area contributed by atoms with Crippen LogP contribution < -0.4 is 0 Å². The van der Waals surface area contributed by atoms with Crippen LogP contribution in [0.2, 0.25) is 0 Å². The van der Waals surface area contributed by atoms with E-state index in [9.17, 15) is 24.8 Å². The zero-order valence-electron chi connectivity index (χ0n) is 10.1. The minimum Gasteiger partial charge on any atom is -0.480 e. The molecule has 7 nitrogen and oxygen atoms in total.